The summed E-state index contributed by atoms with van der Waals surface area (Å²) in [5, 5.41) is 12.1. The van der Waals surface area contributed by atoms with Gasteiger partial charge in [0.2, 0.25) is 0 Å². The molecule has 1 aromatic rings. The molecule has 0 amide bonds. The highest BCUT2D eigenvalue weighted by molar-refractivity contribution is 5.34. The highest BCUT2D eigenvalue weighted by Gasteiger charge is 2.24. The Hall–Kier alpha value is -1.41. The molecule has 102 valence electrons. The number of ether oxygens (including phenoxy) is 1. The summed E-state index contributed by atoms with van der Waals surface area (Å²) >= 11 is 0. The van der Waals surface area contributed by atoms with Crippen LogP contribution in [0.3, 0.4) is 0 Å². The van der Waals surface area contributed by atoms with Gasteiger partial charge >= 0.3 is 0 Å². The molecule has 1 heterocycles. The number of nitrogens with zero attached hydrogens (tertiary/aromatic N) is 2. The smallest absolute Gasteiger partial charge is 0.0991 e. The minimum Gasteiger partial charge on any atom is -0.374 e. The van der Waals surface area contributed by atoms with Crippen LogP contribution in [0.5, 0.6) is 0 Å². The van der Waals surface area contributed by atoms with Gasteiger partial charge in [0.1, 0.15) is 0 Å². The second-order valence-corrected chi connectivity index (χ2v) is 4.96. The zero-order chi connectivity index (χ0) is 13.7. The van der Waals surface area contributed by atoms with E-state index in [1.807, 2.05) is 25.2 Å². The molecule has 0 radical (unpaired) electrons. The van der Waals surface area contributed by atoms with Gasteiger partial charge in [-0.1, -0.05) is 12.1 Å². The standard InChI is InChI=1S/C15H21N3O/c1-12(14-5-3-4-13(8-14)9-16)18-6-7-19-15(11-18)10-17-2/h3-5,8,12,15,17H,6-7,10-11H2,1-2H3. The number of rotatable bonds is 4. The summed E-state index contributed by atoms with van der Waals surface area (Å²) in [5.74, 6) is 0. The molecule has 2 atom stereocenters. The van der Waals surface area contributed by atoms with Gasteiger partial charge < -0.3 is 10.1 Å². The summed E-state index contributed by atoms with van der Waals surface area (Å²) in [7, 11) is 1.95. The molecule has 0 aliphatic carbocycles. The summed E-state index contributed by atoms with van der Waals surface area (Å²) in [4.78, 5) is 2.42. The topological polar surface area (TPSA) is 48.3 Å². The van der Waals surface area contributed by atoms with Crippen LogP contribution >= 0.6 is 0 Å². The first-order valence-electron chi connectivity index (χ1n) is 6.75. The molecular formula is C15H21N3O. The van der Waals surface area contributed by atoms with Crippen molar-refractivity contribution in [2.45, 2.75) is 19.1 Å². The Morgan fingerprint density at radius 2 is 2.42 bits per heavy atom. The molecular weight excluding hydrogens is 238 g/mol. The van der Waals surface area contributed by atoms with Gasteiger partial charge in [0.25, 0.3) is 0 Å². The summed E-state index contributed by atoms with van der Waals surface area (Å²) in [6.45, 7) is 5.71. The van der Waals surface area contributed by atoms with Crippen molar-refractivity contribution in [3.8, 4) is 6.07 Å². The molecule has 2 rings (SSSR count). The van der Waals surface area contributed by atoms with E-state index in [0.29, 0.717) is 6.04 Å². The first kappa shape index (κ1) is 14.0. The van der Waals surface area contributed by atoms with Crippen LogP contribution in [-0.2, 0) is 4.74 Å². The van der Waals surface area contributed by atoms with E-state index in [1.54, 1.807) is 0 Å². The third-order valence-corrected chi connectivity index (χ3v) is 3.65. The lowest BCUT2D eigenvalue weighted by Gasteiger charge is -2.37. The zero-order valence-corrected chi connectivity index (χ0v) is 11.6. The maximum absolute atomic E-state index is 8.97. The van der Waals surface area contributed by atoms with Crippen molar-refractivity contribution in [1.82, 2.24) is 10.2 Å². The van der Waals surface area contributed by atoms with E-state index in [1.165, 1.54) is 5.56 Å². The highest BCUT2D eigenvalue weighted by atomic mass is 16.5. The number of morpholine rings is 1. The monoisotopic (exact) mass is 259 g/mol. The summed E-state index contributed by atoms with van der Waals surface area (Å²) < 4.78 is 5.72. The van der Waals surface area contributed by atoms with Gasteiger partial charge in [0, 0.05) is 25.7 Å². The molecule has 1 aliphatic rings. The third-order valence-electron chi connectivity index (χ3n) is 3.65. The average molecular weight is 259 g/mol. The van der Waals surface area contributed by atoms with Crippen molar-refractivity contribution in [2.24, 2.45) is 0 Å². The van der Waals surface area contributed by atoms with Crippen molar-refractivity contribution in [2.75, 3.05) is 33.3 Å². The lowest BCUT2D eigenvalue weighted by molar-refractivity contribution is -0.0393. The van der Waals surface area contributed by atoms with Crippen LogP contribution < -0.4 is 5.32 Å². The number of nitrogens with one attached hydrogen (secondary N) is 1. The summed E-state index contributed by atoms with van der Waals surface area (Å²) in [6.07, 6.45) is 0.250. The second-order valence-electron chi connectivity index (χ2n) is 4.96. The van der Waals surface area contributed by atoms with Crippen molar-refractivity contribution >= 4 is 0 Å². The van der Waals surface area contributed by atoms with Crippen LogP contribution in [0.25, 0.3) is 0 Å². The molecule has 0 saturated carbocycles. The quantitative estimate of drug-likeness (QED) is 0.891. The molecule has 0 bridgehead atoms. The van der Waals surface area contributed by atoms with Crippen molar-refractivity contribution in [3.63, 3.8) is 0 Å². The van der Waals surface area contributed by atoms with Gasteiger partial charge in [-0.25, -0.2) is 0 Å². The van der Waals surface area contributed by atoms with E-state index in [9.17, 15) is 0 Å². The van der Waals surface area contributed by atoms with E-state index >= 15 is 0 Å². The lowest BCUT2D eigenvalue weighted by atomic mass is 10.0. The van der Waals surface area contributed by atoms with Gasteiger partial charge in [0.05, 0.1) is 24.3 Å². The van der Waals surface area contributed by atoms with E-state index < -0.39 is 0 Å². The van der Waals surface area contributed by atoms with Gasteiger partial charge in [-0.05, 0) is 31.7 Å². The van der Waals surface area contributed by atoms with E-state index in [-0.39, 0.29) is 6.10 Å². The van der Waals surface area contributed by atoms with Crippen LogP contribution in [0.2, 0.25) is 0 Å². The van der Waals surface area contributed by atoms with Gasteiger partial charge in [-0.15, -0.1) is 0 Å². The fraction of sp³-hybridized carbons (Fsp3) is 0.533. The maximum Gasteiger partial charge on any atom is 0.0991 e. The molecule has 1 saturated heterocycles. The Bertz CT molecular complexity index is 453. The van der Waals surface area contributed by atoms with E-state index in [2.05, 4.69) is 29.3 Å². The highest BCUT2D eigenvalue weighted by Crippen LogP contribution is 2.23. The summed E-state index contributed by atoms with van der Waals surface area (Å²) in [5.41, 5.74) is 1.92. The Kier molecular flexibility index (Phi) is 4.92. The van der Waals surface area contributed by atoms with Crippen molar-refractivity contribution < 1.29 is 4.74 Å². The SMILES string of the molecule is CNCC1CN(C(C)c2cccc(C#N)c2)CCO1. The molecule has 1 fully saturated rings. The van der Waals surface area contributed by atoms with Gasteiger partial charge in [0.15, 0.2) is 0 Å². The molecule has 19 heavy (non-hydrogen) atoms. The molecule has 1 N–H and O–H groups in total. The fourth-order valence-corrected chi connectivity index (χ4v) is 2.52. The maximum atomic E-state index is 8.97. The molecule has 1 aliphatic heterocycles. The largest absolute Gasteiger partial charge is 0.374 e. The fourth-order valence-electron chi connectivity index (χ4n) is 2.52. The predicted molar refractivity (Wildman–Crippen MR) is 74.8 cm³/mol. The van der Waals surface area contributed by atoms with Crippen LogP contribution in [0.15, 0.2) is 24.3 Å². The molecule has 4 heteroatoms. The van der Waals surface area contributed by atoms with Crippen LogP contribution in [-0.4, -0.2) is 44.3 Å². The number of nitriles is 1. The number of benzene rings is 1. The normalized spacial score (nSPS) is 21.8. The second kappa shape index (κ2) is 6.67. The van der Waals surface area contributed by atoms with Crippen molar-refractivity contribution in [1.29, 1.82) is 5.26 Å². The average Bonchev–Trinajstić information content (AvgIpc) is 2.47. The first-order valence-corrected chi connectivity index (χ1v) is 6.75. The van der Waals surface area contributed by atoms with E-state index in [0.717, 1.165) is 31.8 Å². The van der Waals surface area contributed by atoms with Crippen LogP contribution in [0.1, 0.15) is 24.1 Å². The molecule has 4 nitrogen and oxygen atoms in total. The molecule has 2 unspecified atom stereocenters. The predicted octanol–water partition coefficient (Wildman–Crippen LogP) is 1.54. The Morgan fingerprint density at radius 3 is 3.16 bits per heavy atom. The third kappa shape index (κ3) is 3.54. The van der Waals surface area contributed by atoms with Crippen LogP contribution in [0.4, 0.5) is 0 Å². The Morgan fingerprint density at radius 1 is 1.58 bits per heavy atom. The molecule has 0 spiro atoms. The van der Waals surface area contributed by atoms with E-state index in [4.69, 9.17) is 10.00 Å². The molecule has 0 aromatic heterocycles. The molecule has 1 aromatic carbocycles. The minimum atomic E-state index is 0.250. The van der Waals surface area contributed by atoms with Crippen LogP contribution in [0, 0.1) is 11.3 Å². The Balaban J connectivity index is 2.05. The lowest BCUT2D eigenvalue weighted by Crippen LogP contribution is -2.46. The first-order chi connectivity index (χ1) is 9.24. The minimum absolute atomic E-state index is 0.250. The number of hydrogen-bond acceptors (Lipinski definition) is 4. The number of likely N-dealkylation sites (N-methyl/N-ethyl adjacent to an activating group) is 1. The zero-order valence-electron chi connectivity index (χ0n) is 11.6. The van der Waals surface area contributed by atoms with Crippen molar-refractivity contribution in [3.05, 3.63) is 35.4 Å². The van der Waals surface area contributed by atoms with Gasteiger partial charge in [-0.2, -0.15) is 5.26 Å². The van der Waals surface area contributed by atoms with Gasteiger partial charge in [-0.3, -0.25) is 4.90 Å². The Labute approximate surface area is 115 Å². The summed E-state index contributed by atoms with van der Waals surface area (Å²) in [6, 6.07) is 10.4. The number of hydrogen-bond donors (Lipinski definition) is 1.